The molecule has 0 bridgehead atoms. The summed E-state index contributed by atoms with van der Waals surface area (Å²) in [6.07, 6.45) is 4.94. The monoisotopic (exact) mass is 523 g/mol. The average Bonchev–Trinajstić information content (AvgIpc) is 2.96. The minimum atomic E-state index is -0.746. The molecule has 0 saturated heterocycles. The van der Waals surface area contributed by atoms with Gasteiger partial charge in [-0.1, -0.05) is 23.4 Å². The van der Waals surface area contributed by atoms with E-state index in [0.29, 0.717) is 30.4 Å². The van der Waals surface area contributed by atoms with Gasteiger partial charge in [-0.2, -0.15) is 4.98 Å². The molecule has 0 unspecified atom stereocenters. The summed E-state index contributed by atoms with van der Waals surface area (Å²) in [5.41, 5.74) is 9.70. The molecule has 0 amide bonds. The molecule has 3 aromatic rings. The van der Waals surface area contributed by atoms with E-state index in [-0.39, 0.29) is 11.1 Å². The zero-order valence-corrected chi connectivity index (χ0v) is 19.8. The van der Waals surface area contributed by atoms with Crippen molar-refractivity contribution in [1.82, 2.24) is 19.5 Å². The van der Waals surface area contributed by atoms with E-state index in [0.717, 1.165) is 22.4 Å². The van der Waals surface area contributed by atoms with Crippen LogP contribution < -0.4 is 5.73 Å². The van der Waals surface area contributed by atoms with Crippen molar-refractivity contribution >= 4 is 51.2 Å². The summed E-state index contributed by atoms with van der Waals surface area (Å²) in [6, 6.07) is 0. The number of fused-ring (bicyclic) bond motifs is 1. The first kappa shape index (κ1) is 21.8. The van der Waals surface area contributed by atoms with Crippen LogP contribution in [0.2, 0.25) is 5.15 Å². The van der Waals surface area contributed by atoms with Crippen LogP contribution in [0.15, 0.2) is 12.4 Å². The Morgan fingerprint density at radius 1 is 1.31 bits per heavy atom. The van der Waals surface area contributed by atoms with Gasteiger partial charge in [0.15, 0.2) is 0 Å². The van der Waals surface area contributed by atoms with Crippen molar-refractivity contribution in [3.05, 3.63) is 43.5 Å². The van der Waals surface area contributed by atoms with Crippen LogP contribution in [0.4, 0.5) is 5.95 Å². The van der Waals surface area contributed by atoms with Crippen molar-refractivity contribution in [2.45, 2.75) is 52.7 Å². The largest absolute Gasteiger partial charge is 0.390 e. The molecule has 0 aliphatic heterocycles. The second-order valence-corrected chi connectivity index (χ2v) is 9.12. The molecule has 0 spiro atoms. The van der Waals surface area contributed by atoms with Crippen LogP contribution in [0.3, 0.4) is 0 Å². The van der Waals surface area contributed by atoms with Gasteiger partial charge in [-0.05, 0) is 67.8 Å². The Labute approximate surface area is 189 Å². The molecule has 3 heterocycles. The average molecular weight is 524 g/mol. The number of aliphatic hydroxyl groups is 1. The number of nitrogens with zero attached hydrogens (tertiary/aromatic N) is 4. The first-order chi connectivity index (χ1) is 13.6. The van der Waals surface area contributed by atoms with Crippen LogP contribution in [0.25, 0.3) is 11.0 Å². The highest BCUT2D eigenvalue weighted by molar-refractivity contribution is 14.1. The molecule has 0 atom stereocenters. The molecular weight excluding hydrogens is 501 g/mol. The van der Waals surface area contributed by atoms with Crippen molar-refractivity contribution < 1.29 is 5.11 Å². The van der Waals surface area contributed by atoms with Gasteiger partial charge >= 0.3 is 0 Å². The SMILES string of the molecule is Cc1cnc(Cn2cc(C#CCCC(C)(C)O)c3c(Cl)nc(N)nc32)c(C)c1I. The summed E-state index contributed by atoms with van der Waals surface area (Å²) in [7, 11) is 0. The molecule has 3 rings (SSSR count). The van der Waals surface area contributed by atoms with Gasteiger partial charge in [-0.15, -0.1) is 0 Å². The van der Waals surface area contributed by atoms with Crippen molar-refractivity contribution in [3.8, 4) is 11.8 Å². The molecule has 0 aromatic carbocycles. The predicted octanol–water partition coefficient (Wildman–Crippen LogP) is 4.23. The third-order valence-corrected chi connectivity index (χ3v) is 6.55. The van der Waals surface area contributed by atoms with Gasteiger partial charge in [0.2, 0.25) is 5.95 Å². The maximum absolute atomic E-state index is 9.86. The number of aromatic nitrogens is 4. The summed E-state index contributed by atoms with van der Waals surface area (Å²) in [6.45, 7) is 8.18. The summed E-state index contributed by atoms with van der Waals surface area (Å²) < 4.78 is 3.16. The highest BCUT2D eigenvalue weighted by Gasteiger charge is 2.17. The predicted molar refractivity (Wildman–Crippen MR) is 125 cm³/mol. The zero-order chi connectivity index (χ0) is 21.3. The fraction of sp³-hybridized carbons (Fsp3) is 0.381. The molecular formula is C21H23ClIN5O. The Bertz CT molecular complexity index is 1140. The second-order valence-electron chi connectivity index (χ2n) is 7.68. The molecule has 0 fully saturated rings. The van der Waals surface area contributed by atoms with E-state index in [2.05, 4.69) is 56.3 Å². The molecule has 0 aliphatic rings. The number of nitrogen functional groups attached to an aromatic ring is 1. The van der Waals surface area contributed by atoms with E-state index in [9.17, 15) is 5.11 Å². The lowest BCUT2D eigenvalue weighted by Crippen LogP contribution is -2.17. The summed E-state index contributed by atoms with van der Waals surface area (Å²) in [5, 5.41) is 10.8. The quantitative estimate of drug-likeness (QED) is 0.303. The number of hydrogen-bond donors (Lipinski definition) is 2. The topological polar surface area (TPSA) is 89.8 Å². The van der Waals surface area contributed by atoms with Crippen LogP contribution >= 0.6 is 34.2 Å². The fourth-order valence-electron chi connectivity index (χ4n) is 2.97. The maximum atomic E-state index is 9.86. The molecule has 3 N–H and O–H groups in total. The Balaban J connectivity index is 2.05. The lowest BCUT2D eigenvalue weighted by Gasteiger charge is -2.13. The Hall–Kier alpha value is -1.89. The minimum absolute atomic E-state index is 0.117. The smallest absolute Gasteiger partial charge is 0.223 e. The number of nitrogens with two attached hydrogens (primary N) is 1. The van der Waals surface area contributed by atoms with Gasteiger partial charge in [0, 0.05) is 22.4 Å². The lowest BCUT2D eigenvalue weighted by molar-refractivity contribution is 0.0727. The van der Waals surface area contributed by atoms with Crippen molar-refractivity contribution in [3.63, 3.8) is 0 Å². The van der Waals surface area contributed by atoms with Gasteiger partial charge < -0.3 is 15.4 Å². The number of aryl methyl sites for hydroxylation is 1. The van der Waals surface area contributed by atoms with Crippen LogP contribution in [0.5, 0.6) is 0 Å². The number of hydrogen-bond acceptors (Lipinski definition) is 5. The van der Waals surface area contributed by atoms with Gasteiger partial charge in [0.1, 0.15) is 10.8 Å². The number of halogens is 2. The van der Waals surface area contributed by atoms with Gasteiger partial charge in [0.05, 0.1) is 28.8 Å². The minimum Gasteiger partial charge on any atom is -0.390 e. The summed E-state index contributed by atoms with van der Waals surface area (Å²) >= 11 is 8.72. The van der Waals surface area contributed by atoms with E-state index < -0.39 is 5.60 Å². The second kappa shape index (κ2) is 8.46. The van der Waals surface area contributed by atoms with Gasteiger partial charge in [0.25, 0.3) is 0 Å². The van der Waals surface area contributed by atoms with E-state index in [1.807, 2.05) is 23.9 Å². The van der Waals surface area contributed by atoms with Crippen molar-refractivity contribution in [2.75, 3.05) is 5.73 Å². The van der Waals surface area contributed by atoms with E-state index in [1.165, 1.54) is 3.57 Å². The van der Waals surface area contributed by atoms with Crippen LogP contribution in [-0.4, -0.2) is 30.2 Å². The van der Waals surface area contributed by atoms with Crippen molar-refractivity contribution in [2.24, 2.45) is 0 Å². The van der Waals surface area contributed by atoms with E-state index >= 15 is 0 Å². The van der Waals surface area contributed by atoms with E-state index in [4.69, 9.17) is 17.3 Å². The van der Waals surface area contributed by atoms with Crippen LogP contribution in [0, 0.1) is 29.3 Å². The first-order valence-electron chi connectivity index (χ1n) is 9.20. The molecule has 3 aromatic heterocycles. The molecule has 8 heteroatoms. The molecule has 0 radical (unpaired) electrons. The van der Waals surface area contributed by atoms with E-state index in [1.54, 1.807) is 13.8 Å². The van der Waals surface area contributed by atoms with Crippen LogP contribution in [-0.2, 0) is 6.54 Å². The van der Waals surface area contributed by atoms with Gasteiger partial charge in [-0.3, -0.25) is 4.98 Å². The molecule has 0 aliphatic carbocycles. The fourth-order valence-corrected chi connectivity index (χ4v) is 3.70. The molecule has 6 nitrogen and oxygen atoms in total. The standard InChI is InChI=1S/C21H23ClIN5O/c1-12-9-25-15(13(2)17(12)23)11-28-10-14(7-5-6-8-21(3,4)29)16-18(22)26-20(24)27-19(16)28/h9-10,29H,6,8,11H2,1-4H3,(H2,24,26,27). The maximum Gasteiger partial charge on any atom is 0.223 e. The highest BCUT2D eigenvalue weighted by Crippen LogP contribution is 2.28. The third kappa shape index (κ3) is 5.00. The number of rotatable bonds is 4. The van der Waals surface area contributed by atoms with Gasteiger partial charge in [-0.25, -0.2) is 4.98 Å². The normalized spacial score (nSPS) is 11.6. The first-order valence-corrected chi connectivity index (χ1v) is 10.7. The third-order valence-electron chi connectivity index (χ3n) is 4.62. The Morgan fingerprint density at radius 3 is 2.72 bits per heavy atom. The van der Waals surface area contributed by atoms with Crippen LogP contribution in [0.1, 0.15) is 49.1 Å². The number of pyridine rings is 1. The molecule has 29 heavy (non-hydrogen) atoms. The Kier molecular flexibility index (Phi) is 6.36. The summed E-state index contributed by atoms with van der Waals surface area (Å²) in [5.74, 6) is 6.38. The summed E-state index contributed by atoms with van der Waals surface area (Å²) in [4.78, 5) is 13.1. The molecule has 152 valence electrons. The Morgan fingerprint density at radius 2 is 2.03 bits per heavy atom. The highest BCUT2D eigenvalue weighted by atomic mass is 127. The van der Waals surface area contributed by atoms with Crippen molar-refractivity contribution in [1.29, 1.82) is 0 Å². The number of anilines is 1. The zero-order valence-electron chi connectivity index (χ0n) is 16.8. The molecule has 0 saturated carbocycles. The lowest BCUT2D eigenvalue weighted by atomic mass is 10.0.